The van der Waals surface area contributed by atoms with E-state index in [2.05, 4.69) is 9.97 Å². The summed E-state index contributed by atoms with van der Waals surface area (Å²) in [7, 11) is -1.91. The number of nitrogens with zero attached hydrogens (tertiary/aromatic N) is 2. The predicted molar refractivity (Wildman–Crippen MR) is 124 cm³/mol. The van der Waals surface area contributed by atoms with Crippen molar-refractivity contribution >= 4 is 38.5 Å². The SMILES string of the molecule is CC(Sc1ccc(S(=O)(=O)N(C)C2CCCCC2)cn1)C(=O)c1c[nH]c2ccccc12. The molecule has 2 heterocycles. The number of nitrogens with one attached hydrogen (secondary N) is 1. The van der Waals surface area contributed by atoms with Crippen LogP contribution in [0, 0.1) is 0 Å². The molecule has 1 aliphatic carbocycles. The number of fused-ring (bicyclic) bond motifs is 1. The summed E-state index contributed by atoms with van der Waals surface area (Å²) < 4.78 is 27.4. The Bertz CT molecular complexity index is 1170. The van der Waals surface area contributed by atoms with E-state index < -0.39 is 10.0 Å². The zero-order chi connectivity index (χ0) is 22.0. The monoisotopic (exact) mass is 457 g/mol. The molecule has 1 N–H and O–H groups in total. The first-order chi connectivity index (χ1) is 14.9. The molecule has 0 saturated heterocycles. The van der Waals surface area contributed by atoms with Gasteiger partial charge in [-0.05, 0) is 38.0 Å². The van der Waals surface area contributed by atoms with Crippen LogP contribution in [0.2, 0.25) is 0 Å². The minimum Gasteiger partial charge on any atom is -0.360 e. The third-order valence-corrected chi connectivity index (χ3v) is 8.94. The molecule has 1 aromatic carbocycles. The van der Waals surface area contributed by atoms with Crippen LogP contribution in [0.25, 0.3) is 10.9 Å². The molecule has 1 atom stereocenters. The maximum atomic E-state index is 13.0. The molecule has 2 aromatic heterocycles. The number of thioether (sulfide) groups is 1. The lowest BCUT2D eigenvalue weighted by atomic mass is 9.96. The van der Waals surface area contributed by atoms with E-state index in [4.69, 9.17) is 0 Å². The Morgan fingerprint density at radius 2 is 1.90 bits per heavy atom. The largest absolute Gasteiger partial charge is 0.360 e. The highest BCUT2D eigenvalue weighted by Gasteiger charge is 2.29. The van der Waals surface area contributed by atoms with Crippen molar-refractivity contribution in [2.45, 2.75) is 60.2 Å². The van der Waals surface area contributed by atoms with Gasteiger partial charge >= 0.3 is 0 Å². The fraction of sp³-hybridized carbons (Fsp3) is 0.391. The number of para-hydroxylation sites is 1. The van der Waals surface area contributed by atoms with Crippen molar-refractivity contribution in [1.82, 2.24) is 14.3 Å². The molecule has 0 bridgehead atoms. The van der Waals surface area contributed by atoms with E-state index in [1.807, 2.05) is 31.2 Å². The standard InChI is InChI=1S/C23H27N3O3S2/c1-16(23(27)20-15-24-21-11-7-6-10-19(20)21)30-22-13-12-18(14-25-22)31(28,29)26(2)17-8-4-3-5-9-17/h6-7,10-17,24H,3-5,8-9H2,1-2H3. The van der Waals surface area contributed by atoms with Crippen molar-refractivity contribution in [3.63, 3.8) is 0 Å². The maximum absolute atomic E-state index is 13.0. The highest BCUT2D eigenvalue weighted by atomic mass is 32.2. The second-order valence-electron chi connectivity index (χ2n) is 8.02. The van der Waals surface area contributed by atoms with Crippen LogP contribution in [0.5, 0.6) is 0 Å². The third kappa shape index (κ3) is 4.56. The van der Waals surface area contributed by atoms with E-state index in [1.165, 1.54) is 28.7 Å². The minimum absolute atomic E-state index is 0.0120. The average Bonchev–Trinajstić information content (AvgIpc) is 3.23. The third-order valence-electron chi connectivity index (χ3n) is 6.00. The van der Waals surface area contributed by atoms with Gasteiger partial charge in [0.1, 0.15) is 4.90 Å². The van der Waals surface area contributed by atoms with Crippen LogP contribution < -0.4 is 0 Å². The molecule has 1 saturated carbocycles. The highest BCUT2D eigenvalue weighted by Crippen LogP contribution is 2.29. The van der Waals surface area contributed by atoms with E-state index in [1.54, 1.807) is 25.4 Å². The van der Waals surface area contributed by atoms with Crippen LogP contribution in [0.1, 0.15) is 49.4 Å². The van der Waals surface area contributed by atoms with E-state index >= 15 is 0 Å². The van der Waals surface area contributed by atoms with Crippen molar-refractivity contribution in [1.29, 1.82) is 0 Å². The van der Waals surface area contributed by atoms with Gasteiger partial charge in [0.05, 0.1) is 10.3 Å². The van der Waals surface area contributed by atoms with Crippen molar-refractivity contribution in [3.05, 3.63) is 54.4 Å². The van der Waals surface area contributed by atoms with E-state index in [0.29, 0.717) is 10.6 Å². The molecule has 3 aromatic rings. The van der Waals surface area contributed by atoms with Gasteiger partial charge in [-0.25, -0.2) is 13.4 Å². The number of sulfonamides is 1. The van der Waals surface area contributed by atoms with E-state index in [0.717, 1.165) is 36.6 Å². The number of aromatic amines is 1. The lowest BCUT2D eigenvalue weighted by Gasteiger charge is -2.30. The van der Waals surface area contributed by atoms with Crippen LogP contribution in [-0.4, -0.2) is 46.8 Å². The number of hydrogen-bond acceptors (Lipinski definition) is 5. The van der Waals surface area contributed by atoms with Gasteiger partial charge in [-0.3, -0.25) is 4.79 Å². The van der Waals surface area contributed by atoms with Gasteiger partial charge in [0.15, 0.2) is 5.78 Å². The summed E-state index contributed by atoms with van der Waals surface area (Å²) in [5, 5.41) is 1.18. The van der Waals surface area contributed by atoms with Gasteiger partial charge in [-0.15, -0.1) is 0 Å². The molecule has 0 aliphatic heterocycles. The first-order valence-corrected chi connectivity index (χ1v) is 12.9. The van der Waals surface area contributed by atoms with Crippen LogP contribution in [-0.2, 0) is 10.0 Å². The summed E-state index contributed by atoms with van der Waals surface area (Å²) in [5.41, 5.74) is 1.58. The molecule has 31 heavy (non-hydrogen) atoms. The quantitative estimate of drug-likeness (QED) is 0.404. The number of Topliss-reactive ketones (excluding diaryl/α,β-unsaturated/α-hetero) is 1. The number of carbonyl (C=O) groups is 1. The Balaban J connectivity index is 1.46. The second kappa shape index (κ2) is 9.14. The predicted octanol–water partition coefficient (Wildman–Crippen LogP) is 4.88. The fourth-order valence-electron chi connectivity index (χ4n) is 4.13. The summed E-state index contributed by atoms with van der Waals surface area (Å²) in [6.45, 7) is 1.85. The molecule has 8 heteroatoms. The maximum Gasteiger partial charge on any atom is 0.244 e. The lowest BCUT2D eigenvalue weighted by Crippen LogP contribution is -2.38. The number of benzene rings is 1. The number of aromatic nitrogens is 2. The molecule has 164 valence electrons. The summed E-state index contributed by atoms with van der Waals surface area (Å²) in [5.74, 6) is 0.0120. The van der Waals surface area contributed by atoms with Crippen molar-refractivity contribution < 1.29 is 13.2 Å². The Morgan fingerprint density at radius 1 is 1.16 bits per heavy atom. The van der Waals surface area contributed by atoms with Gasteiger partial charge in [0.25, 0.3) is 0 Å². The van der Waals surface area contributed by atoms with E-state index in [-0.39, 0.29) is 22.0 Å². The molecule has 1 aliphatic rings. The number of ketones is 1. The average molecular weight is 458 g/mol. The molecule has 6 nitrogen and oxygen atoms in total. The first kappa shape index (κ1) is 22.0. The summed E-state index contributed by atoms with van der Waals surface area (Å²) in [4.78, 5) is 20.6. The molecular formula is C23H27N3O3S2. The van der Waals surface area contributed by atoms with Crippen LogP contribution in [0.3, 0.4) is 0 Å². The Labute approximate surface area is 187 Å². The van der Waals surface area contributed by atoms with Gasteiger partial charge in [0.2, 0.25) is 10.0 Å². The minimum atomic E-state index is -3.57. The Kier molecular flexibility index (Phi) is 6.50. The molecule has 0 spiro atoms. The zero-order valence-corrected chi connectivity index (χ0v) is 19.4. The number of pyridine rings is 1. The highest BCUT2D eigenvalue weighted by molar-refractivity contribution is 8.00. The molecule has 1 fully saturated rings. The fourth-order valence-corrected chi connectivity index (χ4v) is 6.34. The Morgan fingerprint density at radius 3 is 2.61 bits per heavy atom. The molecule has 0 amide bonds. The van der Waals surface area contributed by atoms with Crippen LogP contribution in [0.15, 0.2) is 58.7 Å². The van der Waals surface area contributed by atoms with Gasteiger partial charge < -0.3 is 4.98 Å². The number of H-pyrrole nitrogens is 1. The normalized spacial score (nSPS) is 16.6. The number of hydrogen-bond donors (Lipinski definition) is 1. The van der Waals surface area contributed by atoms with Gasteiger partial charge in [0, 0.05) is 41.9 Å². The number of carbonyl (C=O) groups excluding carboxylic acids is 1. The van der Waals surface area contributed by atoms with Crippen LogP contribution in [0.4, 0.5) is 0 Å². The van der Waals surface area contributed by atoms with Crippen molar-refractivity contribution in [2.24, 2.45) is 0 Å². The van der Waals surface area contributed by atoms with Crippen molar-refractivity contribution in [3.8, 4) is 0 Å². The lowest BCUT2D eigenvalue weighted by molar-refractivity contribution is 0.0995. The smallest absolute Gasteiger partial charge is 0.244 e. The summed E-state index contributed by atoms with van der Waals surface area (Å²) in [6, 6.07) is 11.0. The van der Waals surface area contributed by atoms with Gasteiger partial charge in [-0.2, -0.15) is 4.31 Å². The first-order valence-electron chi connectivity index (χ1n) is 10.6. The number of rotatable bonds is 7. The van der Waals surface area contributed by atoms with Crippen molar-refractivity contribution in [2.75, 3.05) is 7.05 Å². The van der Waals surface area contributed by atoms with Crippen LogP contribution >= 0.6 is 11.8 Å². The second-order valence-corrected chi connectivity index (χ2v) is 11.4. The molecule has 0 radical (unpaired) electrons. The molecular weight excluding hydrogens is 430 g/mol. The zero-order valence-electron chi connectivity index (χ0n) is 17.7. The molecule has 4 rings (SSSR count). The Hall–Kier alpha value is -2.16. The van der Waals surface area contributed by atoms with E-state index in [9.17, 15) is 13.2 Å². The van der Waals surface area contributed by atoms with Gasteiger partial charge in [-0.1, -0.05) is 49.2 Å². The summed E-state index contributed by atoms with van der Waals surface area (Å²) >= 11 is 1.33. The molecule has 1 unspecified atom stereocenters. The topological polar surface area (TPSA) is 83.1 Å². The summed E-state index contributed by atoms with van der Waals surface area (Å²) in [6.07, 6.45) is 8.28.